The number of methoxy groups -OCH3 is 2. The Morgan fingerprint density at radius 1 is 1.19 bits per heavy atom. The van der Waals surface area contributed by atoms with E-state index in [4.69, 9.17) is 23.7 Å². The summed E-state index contributed by atoms with van der Waals surface area (Å²) in [6, 6.07) is 11.1. The van der Waals surface area contributed by atoms with Gasteiger partial charge < -0.3 is 29.0 Å². The first kappa shape index (κ1) is 19.4. The van der Waals surface area contributed by atoms with Crippen molar-refractivity contribution in [2.75, 3.05) is 27.6 Å². The largest absolute Gasteiger partial charge is 0.497 e. The van der Waals surface area contributed by atoms with Gasteiger partial charge in [-0.15, -0.1) is 0 Å². The van der Waals surface area contributed by atoms with Crippen molar-refractivity contribution in [2.45, 2.75) is 10.5 Å². The summed E-state index contributed by atoms with van der Waals surface area (Å²) in [6.45, 7) is 0.779. The highest BCUT2D eigenvalue weighted by atomic mass is 127. The molecule has 1 N–H and O–H groups in total. The molecule has 7 nitrogen and oxygen atoms in total. The van der Waals surface area contributed by atoms with E-state index >= 15 is 0 Å². The van der Waals surface area contributed by atoms with Gasteiger partial charge >= 0.3 is 6.09 Å². The molecule has 0 saturated heterocycles. The minimum Gasteiger partial charge on any atom is -0.497 e. The summed E-state index contributed by atoms with van der Waals surface area (Å²) in [5.41, 5.74) is 1.85. The van der Waals surface area contributed by atoms with Gasteiger partial charge in [-0.3, -0.25) is 0 Å². The first-order valence-corrected chi connectivity index (χ1v) is 9.50. The van der Waals surface area contributed by atoms with Crippen molar-refractivity contribution in [3.05, 3.63) is 47.5 Å². The molecule has 0 saturated carbocycles. The smallest absolute Gasteiger partial charge is 0.407 e. The molecule has 0 radical (unpaired) electrons. The topological polar surface area (TPSA) is 75.3 Å². The van der Waals surface area contributed by atoms with Crippen LogP contribution < -0.4 is 24.3 Å². The van der Waals surface area contributed by atoms with Crippen molar-refractivity contribution in [2.24, 2.45) is 0 Å². The lowest BCUT2D eigenvalue weighted by Crippen LogP contribution is -2.27. The van der Waals surface area contributed by atoms with Crippen LogP contribution >= 0.6 is 22.6 Å². The monoisotopic (exact) mass is 485 g/mol. The second kappa shape index (κ2) is 9.03. The second-order valence-corrected chi connectivity index (χ2v) is 7.23. The van der Waals surface area contributed by atoms with Crippen LogP contribution in [-0.4, -0.2) is 33.7 Å². The molecular formula is C19H20INO6. The van der Waals surface area contributed by atoms with Gasteiger partial charge in [0.05, 0.1) is 18.1 Å². The molecule has 0 bridgehead atoms. The zero-order chi connectivity index (χ0) is 19.2. The van der Waals surface area contributed by atoms with Gasteiger partial charge in [0.2, 0.25) is 12.5 Å². The lowest BCUT2D eigenvalue weighted by Gasteiger charge is -2.14. The second-order valence-electron chi connectivity index (χ2n) is 5.73. The van der Waals surface area contributed by atoms with Gasteiger partial charge in [-0.05, 0) is 35.4 Å². The highest BCUT2D eigenvalue weighted by Crippen LogP contribution is 2.44. The molecule has 0 aromatic heterocycles. The maximum Gasteiger partial charge on any atom is 0.407 e. The normalized spacial score (nSPS) is 13.0. The average Bonchev–Trinajstić information content (AvgIpc) is 3.18. The van der Waals surface area contributed by atoms with Gasteiger partial charge in [0.1, 0.15) is 12.4 Å². The van der Waals surface area contributed by atoms with E-state index in [1.54, 1.807) is 14.2 Å². The van der Waals surface area contributed by atoms with E-state index in [2.05, 4.69) is 27.9 Å². The van der Waals surface area contributed by atoms with Crippen LogP contribution in [0.2, 0.25) is 0 Å². The quantitative estimate of drug-likeness (QED) is 0.475. The molecule has 8 heteroatoms. The highest BCUT2D eigenvalue weighted by molar-refractivity contribution is 14.1. The fourth-order valence-corrected chi connectivity index (χ4v) is 3.12. The van der Waals surface area contributed by atoms with Crippen LogP contribution in [0.25, 0.3) is 0 Å². The molecule has 1 unspecified atom stereocenters. The molecule has 0 aliphatic carbocycles. The SMILES string of the molecule is COc1ccc(COC(=O)NCC(I)c2cc(OC)c3c(c2)OCO3)cc1. The van der Waals surface area contributed by atoms with E-state index in [1.807, 2.05) is 36.4 Å². The maximum atomic E-state index is 12.0. The van der Waals surface area contributed by atoms with Crippen LogP contribution in [0.5, 0.6) is 23.0 Å². The van der Waals surface area contributed by atoms with Crippen LogP contribution in [0.15, 0.2) is 36.4 Å². The zero-order valence-corrected chi connectivity index (χ0v) is 17.1. The number of halogens is 1. The number of nitrogens with one attached hydrogen (secondary N) is 1. The third-order valence-electron chi connectivity index (χ3n) is 4.00. The number of amides is 1. The van der Waals surface area contributed by atoms with E-state index in [1.165, 1.54) is 0 Å². The summed E-state index contributed by atoms with van der Waals surface area (Å²) in [6.07, 6.45) is -0.472. The Kier molecular flexibility index (Phi) is 6.49. The lowest BCUT2D eigenvalue weighted by molar-refractivity contribution is 0.140. The number of hydrogen-bond acceptors (Lipinski definition) is 6. The van der Waals surface area contributed by atoms with Crippen molar-refractivity contribution in [3.63, 3.8) is 0 Å². The molecule has 144 valence electrons. The van der Waals surface area contributed by atoms with E-state index in [0.717, 1.165) is 16.9 Å². The molecule has 2 aromatic rings. The molecule has 3 rings (SSSR count). The summed E-state index contributed by atoms with van der Waals surface area (Å²) < 4.78 is 26.5. The summed E-state index contributed by atoms with van der Waals surface area (Å²) in [4.78, 5) is 12.0. The Morgan fingerprint density at radius 2 is 1.96 bits per heavy atom. The molecule has 1 heterocycles. The molecule has 27 heavy (non-hydrogen) atoms. The molecule has 1 aliphatic rings. The van der Waals surface area contributed by atoms with Gasteiger partial charge in [-0.2, -0.15) is 0 Å². The maximum absolute atomic E-state index is 12.0. The minimum absolute atomic E-state index is 0.0135. The average molecular weight is 485 g/mol. The molecular weight excluding hydrogens is 465 g/mol. The van der Waals surface area contributed by atoms with Crippen molar-refractivity contribution in [1.82, 2.24) is 5.32 Å². The Hall–Kier alpha value is -2.36. The van der Waals surface area contributed by atoms with E-state index in [0.29, 0.717) is 23.8 Å². The number of carbonyl (C=O) groups excluding carboxylic acids is 1. The first-order chi connectivity index (χ1) is 13.1. The van der Waals surface area contributed by atoms with Crippen LogP contribution in [0.3, 0.4) is 0 Å². The Labute approximate surface area is 171 Å². The Bertz CT molecular complexity index is 796. The van der Waals surface area contributed by atoms with Gasteiger partial charge in [0.25, 0.3) is 0 Å². The molecule has 1 aliphatic heterocycles. The number of ether oxygens (including phenoxy) is 5. The van der Waals surface area contributed by atoms with Crippen molar-refractivity contribution < 1.29 is 28.5 Å². The predicted molar refractivity (Wildman–Crippen MR) is 107 cm³/mol. The summed E-state index contributed by atoms with van der Waals surface area (Å²) >= 11 is 2.25. The van der Waals surface area contributed by atoms with Crippen LogP contribution in [0.4, 0.5) is 4.79 Å². The molecule has 0 spiro atoms. The molecule has 0 fully saturated rings. The predicted octanol–water partition coefficient (Wildman–Crippen LogP) is 3.84. The fraction of sp³-hybridized carbons (Fsp3) is 0.316. The standard InChI is InChI=1S/C19H20INO6/c1-23-14-5-3-12(4-6-14)10-25-19(22)21-9-15(20)13-7-16(24-2)18-17(8-13)26-11-27-18/h3-8,15H,9-11H2,1-2H3,(H,21,22). The Morgan fingerprint density at radius 3 is 2.67 bits per heavy atom. The number of fused-ring (bicyclic) bond motifs is 1. The number of alkyl carbamates (subject to hydrolysis) is 1. The Balaban J connectivity index is 1.51. The van der Waals surface area contributed by atoms with Crippen LogP contribution in [0, 0.1) is 0 Å². The third kappa shape index (κ3) is 4.88. The van der Waals surface area contributed by atoms with Crippen LogP contribution in [0.1, 0.15) is 15.1 Å². The summed E-state index contributed by atoms with van der Waals surface area (Å²) in [7, 11) is 3.19. The number of hydrogen-bond donors (Lipinski definition) is 1. The number of alkyl halides is 1. The van der Waals surface area contributed by atoms with Crippen molar-refractivity contribution >= 4 is 28.7 Å². The number of rotatable bonds is 7. The molecule has 1 amide bonds. The fourth-order valence-electron chi connectivity index (χ4n) is 2.54. The number of carbonyl (C=O) groups is 1. The first-order valence-electron chi connectivity index (χ1n) is 8.26. The van der Waals surface area contributed by atoms with Crippen molar-refractivity contribution in [3.8, 4) is 23.0 Å². The van der Waals surface area contributed by atoms with Crippen molar-refractivity contribution in [1.29, 1.82) is 0 Å². The zero-order valence-electron chi connectivity index (χ0n) is 15.0. The van der Waals surface area contributed by atoms with Gasteiger partial charge in [-0.1, -0.05) is 34.7 Å². The van der Waals surface area contributed by atoms with E-state index in [9.17, 15) is 4.79 Å². The van der Waals surface area contributed by atoms with Gasteiger partial charge in [0, 0.05) is 6.54 Å². The highest BCUT2D eigenvalue weighted by Gasteiger charge is 2.22. The number of benzene rings is 2. The third-order valence-corrected chi connectivity index (χ3v) is 5.16. The summed E-state index contributed by atoms with van der Waals surface area (Å²) in [5.74, 6) is 2.63. The van der Waals surface area contributed by atoms with Crippen LogP contribution in [-0.2, 0) is 11.3 Å². The summed E-state index contributed by atoms with van der Waals surface area (Å²) in [5, 5.41) is 2.77. The lowest BCUT2D eigenvalue weighted by atomic mass is 10.1. The van der Waals surface area contributed by atoms with Gasteiger partial charge in [-0.25, -0.2) is 4.79 Å². The molecule has 2 aromatic carbocycles. The van der Waals surface area contributed by atoms with E-state index < -0.39 is 6.09 Å². The minimum atomic E-state index is -0.472. The molecule has 1 atom stereocenters. The van der Waals surface area contributed by atoms with E-state index in [-0.39, 0.29) is 17.3 Å². The van der Waals surface area contributed by atoms with Gasteiger partial charge in [0.15, 0.2) is 11.5 Å².